The molecule has 0 aliphatic carbocycles. The zero-order chi connectivity index (χ0) is 16.8. The minimum Gasteiger partial charge on any atom is -0.452 e. The van der Waals surface area contributed by atoms with E-state index in [9.17, 15) is 9.59 Å². The highest BCUT2D eigenvalue weighted by Gasteiger charge is 2.09. The maximum Gasteiger partial charge on any atom is 0.331 e. The zero-order valence-electron chi connectivity index (χ0n) is 11.5. The van der Waals surface area contributed by atoms with Gasteiger partial charge in [-0.15, -0.1) is 0 Å². The first-order valence-corrected chi connectivity index (χ1v) is 7.84. The predicted molar refractivity (Wildman–Crippen MR) is 91.5 cm³/mol. The molecule has 0 spiro atoms. The van der Waals surface area contributed by atoms with Gasteiger partial charge in [0.05, 0.1) is 10.7 Å². The molecule has 0 unspecified atom stereocenters. The summed E-state index contributed by atoms with van der Waals surface area (Å²) in [6.07, 6.45) is 2.59. The Hall–Kier alpha value is -1.76. The zero-order valence-corrected chi connectivity index (χ0v) is 14.6. The lowest BCUT2D eigenvalue weighted by Crippen LogP contribution is -2.20. The number of amides is 1. The van der Waals surface area contributed by atoms with Crippen LogP contribution in [0, 0.1) is 0 Å². The summed E-state index contributed by atoms with van der Waals surface area (Å²) in [6, 6.07) is 8.00. The number of halogens is 3. The van der Waals surface area contributed by atoms with Crippen LogP contribution in [0.15, 0.2) is 45.5 Å². The number of esters is 1. The van der Waals surface area contributed by atoms with Gasteiger partial charge in [0.15, 0.2) is 11.3 Å². The minimum absolute atomic E-state index is 0.331. The first kappa shape index (κ1) is 17.6. The van der Waals surface area contributed by atoms with Crippen LogP contribution in [0.4, 0.5) is 5.69 Å². The summed E-state index contributed by atoms with van der Waals surface area (Å²) >= 11 is 14.9. The fourth-order valence-corrected chi connectivity index (χ4v) is 2.19. The Morgan fingerprint density at radius 1 is 1.26 bits per heavy atom. The molecule has 1 aromatic heterocycles. The quantitative estimate of drug-likeness (QED) is 0.571. The van der Waals surface area contributed by atoms with E-state index in [2.05, 4.69) is 21.2 Å². The Balaban J connectivity index is 1.83. The summed E-state index contributed by atoms with van der Waals surface area (Å²) in [5.74, 6) is -0.731. The number of hydrogen-bond acceptors (Lipinski definition) is 4. The molecule has 1 amide bonds. The molecular formula is C15H10BrCl2NO4. The van der Waals surface area contributed by atoms with Crippen LogP contribution in [0.25, 0.3) is 6.08 Å². The van der Waals surface area contributed by atoms with Crippen LogP contribution in [0.3, 0.4) is 0 Å². The number of anilines is 1. The van der Waals surface area contributed by atoms with Gasteiger partial charge in [0.2, 0.25) is 0 Å². The van der Waals surface area contributed by atoms with E-state index in [0.717, 1.165) is 6.08 Å². The molecule has 0 atom stereocenters. The molecule has 0 radical (unpaired) electrons. The van der Waals surface area contributed by atoms with Gasteiger partial charge in [-0.05, 0) is 52.3 Å². The summed E-state index contributed by atoms with van der Waals surface area (Å²) in [6.45, 7) is -0.451. The van der Waals surface area contributed by atoms with Crippen molar-refractivity contribution in [1.82, 2.24) is 0 Å². The highest BCUT2D eigenvalue weighted by atomic mass is 79.9. The highest BCUT2D eigenvalue weighted by Crippen LogP contribution is 2.25. The van der Waals surface area contributed by atoms with Gasteiger partial charge in [0.25, 0.3) is 5.91 Å². The van der Waals surface area contributed by atoms with E-state index in [4.69, 9.17) is 32.4 Å². The standard InChI is InChI=1S/C15H10BrCl2NO4/c16-13-5-2-10(23-13)3-6-15(21)22-8-14(20)19-12-7-9(17)1-4-11(12)18/h1-7H,8H2,(H,19,20)/b6-3+. The number of nitrogens with one attached hydrogen (secondary N) is 1. The molecule has 0 bridgehead atoms. The monoisotopic (exact) mass is 417 g/mol. The lowest BCUT2D eigenvalue weighted by molar-refractivity contribution is -0.142. The maximum absolute atomic E-state index is 11.7. The lowest BCUT2D eigenvalue weighted by Gasteiger charge is -2.07. The second kappa shape index (κ2) is 8.19. The highest BCUT2D eigenvalue weighted by molar-refractivity contribution is 9.10. The van der Waals surface area contributed by atoms with Crippen molar-refractivity contribution >= 4 is 62.8 Å². The number of carbonyl (C=O) groups excluding carboxylic acids is 2. The Morgan fingerprint density at radius 3 is 2.74 bits per heavy atom. The minimum atomic E-state index is -0.676. The molecule has 1 heterocycles. The van der Waals surface area contributed by atoms with Crippen LogP contribution in [0.2, 0.25) is 10.0 Å². The van der Waals surface area contributed by atoms with E-state index in [1.165, 1.54) is 12.1 Å². The number of ether oxygens (including phenoxy) is 1. The van der Waals surface area contributed by atoms with Crippen molar-refractivity contribution in [2.24, 2.45) is 0 Å². The van der Waals surface area contributed by atoms with E-state index in [1.54, 1.807) is 24.3 Å². The van der Waals surface area contributed by atoms with Crippen molar-refractivity contribution in [3.8, 4) is 0 Å². The van der Waals surface area contributed by atoms with Gasteiger partial charge in [-0.3, -0.25) is 4.79 Å². The summed E-state index contributed by atoms with van der Waals surface area (Å²) < 4.78 is 10.5. The molecule has 0 saturated carbocycles. The number of benzene rings is 1. The van der Waals surface area contributed by atoms with Crippen LogP contribution >= 0.6 is 39.1 Å². The lowest BCUT2D eigenvalue weighted by atomic mass is 10.3. The normalized spacial score (nSPS) is 10.7. The van der Waals surface area contributed by atoms with Crippen molar-refractivity contribution < 1.29 is 18.7 Å². The van der Waals surface area contributed by atoms with E-state index >= 15 is 0 Å². The van der Waals surface area contributed by atoms with Crippen LogP contribution < -0.4 is 5.32 Å². The Bertz CT molecular complexity index is 758. The first-order chi connectivity index (χ1) is 10.9. The molecule has 8 heteroatoms. The molecule has 1 N–H and O–H groups in total. The van der Waals surface area contributed by atoms with Crippen LogP contribution in [-0.4, -0.2) is 18.5 Å². The van der Waals surface area contributed by atoms with Gasteiger partial charge >= 0.3 is 5.97 Å². The second-order valence-electron chi connectivity index (χ2n) is 4.26. The molecule has 1 aromatic carbocycles. The maximum atomic E-state index is 11.7. The van der Waals surface area contributed by atoms with Crippen molar-refractivity contribution in [1.29, 1.82) is 0 Å². The topological polar surface area (TPSA) is 68.5 Å². The molecule has 23 heavy (non-hydrogen) atoms. The van der Waals surface area contributed by atoms with Crippen LogP contribution in [-0.2, 0) is 14.3 Å². The van der Waals surface area contributed by atoms with Gasteiger partial charge in [-0.1, -0.05) is 23.2 Å². The van der Waals surface area contributed by atoms with Crippen LogP contribution in [0.1, 0.15) is 5.76 Å². The molecule has 2 rings (SSSR count). The van der Waals surface area contributed by atoms with Crippen molar-refractivity contribution in [2.45, 2.75) is 0 Å². The molecule has 120 valence electrons. The Kier molecular flexibility index (Phi) is 6.27. The SMILES string of the molecule is O=C(COC(=O)/C=C/c1ccc(Br)o1)Nc1cc(Cl)ccc1Cl. The molecular weight excluding hydrogens is 409 g/mol. The van der Waals surface area contributed by atoms with Crippen molar-refractivity contribution in [3.63, 3.8) is 0 Å². The fourth-order valence-electron chi connectivity index (χ4n) is 1.53. The van der Waals surface area contributed by atoms with E-state index in [0.29, 0.717) is 26.2 Å². The molecule has 0 aliphatic heterocycles. The van der Waals surface area contributed by atoms with Gasteiger partial charge in [-0.25, -0.2) is 4.79 Å². The molecule has 0 fully saturated rings. The summed E-state index contributed by atoms with van der Waals surface area (Å²) in [4.78, 5) is 23.2. The summed E-state index contributed by atoms with van der Waals surface area (Å²) in [5, 5.41) is 3.26. The Labute approximate surface area is 150 Å². The predicted octanol–water partition coefficient (Wildman–Crippen LogP) is 4.54. The molecule has 2 aromatic rings. The summed E-state index contributed by atoms with van der Waals surface area (Å²) in [5.41, 5.74) is 0.344. The van der Waals surface area contributed by atoms with E-state index in [-0.39, 0.29) is 0 Å². The third-order valence-electron chi connectivity index (χ3n) is 2.53. The van der Waals surface area contributed by atoms with Crippen LogP contribution in [0.5, 0.6) is 0 Å². The number of carbonyl (C=O) groups is 2. The molecule has 5 nitrogen and oxygen atoms in total. The third-order valence-corrected chi connectivity index (χ3v) is 3.52. The average Bonchev–Trinajstić information content (AvgIpc) is 2.92. The van der Waals surface area contributed by atoms with Gasteiger partial charge < -0.3 is 14.5 Å². The average molecular weight is 419 g/mol. The second-order valence-corrected chi connectivity index (χ2v) is 5.88. The summed E-state index contributed by atoms with van der Waals surface area (Å²) in [7, 11) is 0. The van der Waals surface area contributed by atoms with Gasteiger partial charge in [0, 0.05) is 11.1 Å². The molecule has 0 saturated heterocycles. The number of hydrogen-bond donors (Lipinski definition) is 1. The number of furan rings is 1. The molecule has 0 aliphatic rings. The van der Waals surface area contributed by atoms with Crippen molar-refractivity contribution in [3.05, 3.63) is 56.9 Å². The first-order valence-electron chi connectivity index (χ1n) is 6.29. The number of rotatable bonds is 5. The van der Waals surface area contributed by atoms with Gasteiger partial charge in [-0.2, -0.15) is 0 Å². The fraction of sp³-hybridized carbons (Fsp3) is 0.0667. The Morgan fingerprint density at radius 2 is 2.04 bits per heavy atom. The van der Waals surface area contributed by atoms with Crippen molar-refractivity contribution in [2.75, 3.05) is 11.9 Å². The van der Waals surface area contributed by atoms with Gasteiger partial charge in [0.1, 0.15) is 5.76 Å². The van der Waals surface area contributed by atoms with E-state index in [1.807, 2.05) is 0 Å². The smallest absolute Gasteiger partial charge is 0.331 e. The van der Waals surface area contributed by atoms with E-state index < -0.39 is 18.5 Å². The third kappa shape index (κ3) is 5.74. The largest absolute Gasteiger partial charge is 0.452 e.